The molecule has 7 nitrogen and oxygen atoms in total. The predicted octanol–water partition coefficient (Wildman–Crippen LogP) is 6.54. The molecule has 4 aromatic carbocycles. The lowest BCUT2D eigenvalue weighted by Crippen LogP contribution is -2.54. The number of nitrogens with zero attached hydrogens (tertiary/aromatic N) is 2. The lowest BCUT2D eigenvalue weighted by atomic mass is 10.0. The van der Waals surface area contributed by atoms with E-state index >= 15 is 4.39 Å². The highest BCUT2D eigenvalue weighted by Gasteiger charge is 2.35. The van der Waals surface area contributed by atoms with Crippen molar-refractivity contribution in [2.45, 2.75) is 57.1 Å². The molecule has 4 aromatic rings. The van der Waals surface area contributed by atoms with Crippen molar-refractivity contribution in [1.82, 2.24) is 10.2 Å². The van der Waals surface area contributed by atoms with Crippen LogP contribution in [0.3, 0.4) is 0 Å². The molecule has 45 heavy (non-hydrogen) atoms. The number of rotatable bonds is 13. The monoisotopic (exact) mass is 649 g/mol. The summed E-state index contributed by atoms with van der Waals surface area (Å²) in [4.78, 5) is 29.6. The van der Waals surface area contributed by atoms with E-state index in [2.05, 4.69) is 5.32 Å². The number of halogens is 2. The van der Waals surface area contributed by atoms with Gasteiger partial charge in [0.15, 0.2) is 0 Å². The van der Waals surface area contributed by atoms with Gasteiger partial charge in [0.25, 0.3) is 10.0 Å². The summed E-state index contributed by atoms with van der Waals surface area (Å²) in [7, 11) is -4.28. The van der Waals surface area contributed by atoms with E-state index < -0.39 is 40.2 Å². The third-order valence-electron chi connectivity index (χ3n) is 7.64. The van der Waals surface area contributed by atoms with Crippen LogP contribution in [0.1, 0.15) is 37.0 Å². The molecule has 0 aromatic heterocycles. The second kappa shape index (κ2) is 15.2. The predicted molar refractivity (Wildman–Crippen MR) is 176 cm³/mol. The number of aryl methyl sites for hydroxylation is 1. The van der Waals surface area contributed by atoms with Crippen molar-refractivity contribution >= 4 is 39.1 Å². The van der Waals surface area contributed by atoms with Crippen molar-refractivity contribution in [2.75, 3.05) is 10.8 Å². The van der Waals surface area contributed by atoms with Crippen LogP contribution in [-0.4, -0.2) is 43.8 Å². The van der Waals surface area contributed by atoms with E-state index in [-0.39, 0.29) is 29.5 Å². The Morgan fingerprint density at radius 2 is 1.51 bits per heavy atom. The van der Waals surface area contributed by atoms with Crippen LogP contribution in [0.2, 0.25) is 5.02 Å². The molecule has 2 atom stereocenters. The molecule has 2 amide bonds. The topological polar surface area (TPSA) is 86.8 Å². The molecule has 0 fully saturated rings. The molecule has 0 saturated heterocycles. The number of benzene rings is 4. The summed E-state index contributed by atoms with van der Waals surface area (Å²) in [6.45, 7) is 4.66. The fourth-order valence-corrected chi connectivity index (χ4v) is 6.50. The van der Waals surface area contributed by atoms with Crippen LogP contribution in [0, 0.1) is 12.7 Å². The highest BCUT2D eigenvalue weighted by Crippen LogP contribution is 2.28. The van der Waals surface area contributed by atoms with Crippen molar-refractivity contribution in [3.63, 3.8) is 0 Å². The van der Waals surface area contributed by atoms with E-state index in [1.165, 1.54) is 35.2 Å². The van der Waals surface area contributed by atoms with Crippen LogP contribution in [0.5, 0.6) is 0 Å². The van der Waals surface area contributed by atoms with E-state index in [1.807, 2.05) is 44.2 Å². The summed E-state index contributed by atoms with van der Waals surface area (Å²) < 4.78 is 44.3. The Hall–Kier alpha value is -4.21. The first kappa shape index (κ1) is 33.7. The van der Waals surface area contributed by atoms with Gasteiger partial charge in [-0.05, 0) is 67.8 Å². The SMILES string of the molecule is CC[C@H](C)NC(=O)[C@@H](Cc1ccccc1)N(Cc1ccccc1F)C(=O)CN(c1ccccc1C)S(=O)(=O)c1ccc(Cl)cc1. The van der Waals surface area contributed by atoms with E-state index in [0.717, 1.165) is 9.87 Å². The van der Waals surface area contributed by atoms with E-state index in [4.69, 9.17) is 11.6 Å². The Labute approximate surface area is 269 Å². The van der Waals surface area contributed by atoms with E-state index in [9.17, 15) is 18.0 Å². The zero-order valence-corrected chi connectivity index (χ0v) is 27.1. The fourth-order valence-electron chi connectivity index (χ4n) is 4.90. The number of anilines is 1. The lowest BCUT2D eigenvalue weighted by Gasteiger charge is -2.34. The third kappa shape index (κ3) is 8.49. The smallest absolute Gasteiger partial charge is 0.264 e. The second-order valence-corrected chi connectivity index (χ2v) is 13.2. The Morgan fingerprint density at radius 3 is 2.16 bits per heavy atom. The standard InChI is InChI=1S/C35H37ClFN3O4S/c1-4-26(3)38-35(42)33(22-27-13-6-5-7-14-27)39(23-28-15-9-10-16-31(28)37)34(41)24-40(32-17-11-8-12-25(32)2)45(43,44)30-20-18-29(36)19-21-30/h5-21,26,33H,4,22-24H2,1-3H3,(H,38,42)/t26-,33+/m0/s1. The molecule has 0 saturated carbocycles. The Kier molecular flexibility index (Phi) is 11.4. The quantitative estimate of drug-likeness (QED) is 0.178. The van der Waals surface area contributed by atoms with Crippen LogP contribution < -0.4 is 9.62 Å². The summed E-state index contributed by atoms with van der Waals surface area (Å²) in [5.74, 6) is -1.62. The van der Waals surface area contributed by atoms with Gasteiger partial charge in [0.05, 0.1) is 10.6 Å². The van der Waals surface area contributed by atoms with Crippen LogP contribution >= 0.6 is 11.6 Å². The highest BCUT2D eigenvalue weighted by atomic mass is 35.5. The molecular formula is C35H37ClFN3O4S. The molecular weight excluding hydrogens is 613 g/mol. The number of carbonyl (C=O) groups excluding carboxylic acids is 2. The van der Waals surface area contributed by atoms with Gasteiger partial charge in [0, 0.05) is 29.6 Å². The van der Waals surface area contributed by atoms with Crippen molar-refractivity contribution < 1.29 is 22.4 Å². The minimum absolute atomic E-state index is 0.0565. The Morgan fingerprint density at radius 1 is 0.889 bits per heavy atom. The van der Waals surface area contributed by atoms with Crippen LogP contribution in [0.4, 0.5) is 10.1 Å². The summed E-state index contributed by atoms with van der Waals surface area (Å²) >= 11 is 6.04. The fraction of sp³-hybridized carbons (Fsp3) is 0.257. The first-order valence-corrected chi connectivity index (χ1v) is 16.5. The molecule has 0 spiro atoms. The average molecular weight is 650 g/mol. The number of hydrogen-bond acceptors (Lipinski definition) is 4. The van der Waals surface area contributed by atoms with Gasteiger partial charge in [-0.2, -0.15) is 0 Å². The van der Waals surface area contributed by atoms with Gasteiger partial charge < -0.3 is 10.2 Å². The number of carbonyl (C=O) groups is 2. The van der Waals surface area contributed by atoms with Gasteiger partial charge in [-0.3, -0.25) is 13.9 Å². The second-order valence-electron chi connectivity index (χ2n) is 10.9. The summed E-state index contributed by atoms with van der Waals surface area (Å²) in [6, 6.07) is 26.5. The Balaban J connectivity index is 1.83. The van der Waals surface area contributed by atoms with Crippen LogP contribution in [0.15, 0.2) is 108 Å². The number of hydrogen-bond donors (Lipinski definition) is 1. The van der Waals surface area contributed by atoms with Crippen LogP contribution in [0.25, 0.3) is 0 Å². The zero-order chi connectivity index (χ0) is 32.6. The van der Waals surface area contributed by atoms with Gasteiger partial charge in [-0.15, -0.1) is 0 Å². The van der Waals surface area contributed by atoms with Gasteiger partial charge in [-0.1, -0.05) is 85.3 Å². The Bertz CT molecular complexity index is 1720. The van der Waals surface area contributed by atoms with Gasteiger partial charge in [0.2, 0.25) is 11.8 Å². The van der Waals surface area contributed by atoms with Crippen molar-refractivity contribution in [3.05, 3.63) is 131 Å². The van der Waals surface area contributed by atoms with Gasteiger partial charge >= 0.3 is 0 Å². The first-order valence-electron chi connectivity index (χ1n) is 14.7. The van der Waals surface area contributed by atoms with E-state index in [0.29, 0.717) is 22.7 Å². The van der Waals surface area contributed by atoms with Gasteiger partial charge in [0.1, 0.15) is 18.4 Å². The third-order valence-corrected chi connectivity index (χ3v) is 9.66. The molecule has 0 aliphatic carbocycles. The van der Waals surface area contributed by atoms with Crippen molar-refractivity contribution in [1.29, 1.82) is 0 Å². The van der Waals surface area contributed by atoms with Crippen molar-refractivity contribution in [3.8, 4) is 0 Å². The molecule has 10 heteroatoms. The minimum atomic E-state index is -4.28. The summed E-state index contributed by atoms with van der Waals surface area (Å²) in [5.41, 5.74) is 1.91. The molecule has 0 bridgehead atoms. The first-order chi connectivity index (χ1) is 21.5. The van der Waals surface area contributed by atoms with E-state index in [1.54, 1.807) is 49.4 Å². The zero-order valence-electron chi connectivity index (χ0n) is 25.5. The van der Waals surface area contributed by atoms with Crippen LogP contribution in [-0.2, 0) is 32.6 Å². The molecule has 0 aliphatic rings. The molecule has 1 N–H and O–H groups in total. The average Bonchev–Trinajstić information content (AvgIpc) is 3.03. The van der Waals surface area contributed by atoms with Crippen molar-refractivity contribution in [2.24, 2.45) is 0 Å². The molecule has 0 heterocycles. The summed E-state index contributed by atoms with van der Waals surface area (Å²) in [5, 5.41) is 3.33. The molecule has 0 unspecified atom stereocenters. The normalized spacial score (nSPS) is 12.6. The van der Waals surface area contributed by atoms with Gasteiger partial charge in [-0.25, -0.2) is 12.8 Å². The number of sulfonamides is 1. The lowest BCUT2D eigenvalue weighted by molar-refractivity contribution is -0.140. The number of amides is 2. The summed E-state index contributed by atoms with van der Waals surface area (Å²) in [6.07, 6.45) is 0.795. The maximum absolute atomic E-state index is 15.0. The minimum Gasteiger partial charge on any atom is -0.352 e. The maximum Gasteiger partial charge on any atom is 0.264 e. The molecule has 4 rings (SSSR count). The molecule has 0 aliphatic heterocycles. The largest absolute Gasteiger partial charge is 0.352 e. The number of para-hydroxylation sites is 1. The number of nitrogens with one attached hydrogen (secondary N) is 1. The highest BCUT2D eigenvalue weighted by molar-refractivity contribution is 7.92. The molecule has 236 valence electrons. The molecule has 0 radical (unpaired) electrons. The maximum atomic E-state index is 15.0.